The first kappa shape index (κ1) is 26.1. The molecule has 180 valence electrons. The molecule has 0 bridgehead atoms. The van der Waals surface area contributed by atoms with Crippen LogP contribution < -0.4 is 15.1 Å². The average Bonchev–Trinajstić information content (AvgIpc) is 3.21. The molecule has 0 aliphatic carbocycles. The van der Waals surface area contributed by atoms with Crippen LogP contribution in [0.15, 0.2) is 35.6 Å². The molecule has 33 heavy (non-hydrogen) atoms. The van der Waals surface area contributed by atoms with Gasteiger partial charge in [-0.1, -0.05) is 45.9 Å². The van der Waals surface area contributed by atoms with Gasteiger partial charge in [0.25, 0.3) is 0 Å². The molecule has 0 amide bonds. The van der Waals surface area contributed by atoms with E-state index < -0.39 is 5.60 Å². The lowest BCUT2D eigenvalue weighted by Crippen LogP contribution is -2.30. The third-order valence-corrected chi connectivity index (χ3v) is 4.40. The van der Waals surface area contributed by atoms with Gasteiger partial charge in [-0.15, -0.1) is 0 Å². The predicted octanol–water partition coefficient (Wildman–Crippen LogP) is 4.60. The van der Waals surface area contributed by atoms with Crippen molar-refractivity contribution in [3.8, 4) is 6.01 Å². The molecular weight excluding hydrogens is 418 g/mol. The number of nitrogens with one attached hydrogen (secondary N) is 2. The summed E-state index contributed by atoms with van der Waals surface area (Å²) in [6.07, 6.45) is 5.34. The molecule has 2 aromatic heterocycles. The number of aliphatic hydroxyl groups is 1. The number of para-hydroxylation sites is 1. The fourth-order valence-electron chi connectivity index (χ4n) is 3.04. The lowest BCUT2D eigenvalue weighted by molar-refractivity contribution is 0.0249. The molecule has 0 saturated carbocycles. The third-order valence-electron chi connectivity index (χ3n) is 4.40. The number of H-pyrrole nitrogens is 1. The van der Waals surface area contributed by atoms with Crippen molar-refractivity contribution in [1.82, 2.24) is 19.9 Å². The van der Waals surface area contributed by atoms with Crippen molar-refractivity contribution in [3.05, 3.63) is 36.3 Å². The van der Waals surface area contributed by atoms with Crippen LogP contribution >= 0.6 is 0 Å². The number of ether oxygens (including phenoxy) is 1. The maximum absolute atomic E-state index is 9.98. The Bertz CT molecular complexity index is 1010. The zero-order valence-corrected chi connectivity index (χ0v) is 20.6. The Kier molecular flexibility index (Phi) is 10.1. The second kappa shape index (κ2) is 12.7. The van der Waals surface area contributed by atoms with Crippen molar-refractivity contribution in [2.45, 2.75) is 60.0 Å². The zero-order valence-electron chi connectivity index (χ0n) is 20.6. The molecule has 3 rings (SSSR count). The number of aromatic amines is 1. The Hall–Kier alpha value is -3.20. The second-order valence-electron chi connectivity index (χ2n) is 7.98. The van der Waals surface area contributed by atoms with Crippen LogP contribution in [0.2, 0.25) is 0 Å². The third kappa shape index (κ3) is 8.02. The molecule has 0 radical (unpaired) electrons. The molecule has 0 saturated heterocycles. The quantitative estimate of drug-likeness (QED) is 0.286. The molecule has 0 aliphatic rings. The van der Waals surface area contributed by atoms with Gasteiger partial charge in [-0.25, -0.2) is 0 Å². The van der Waals surface area contributed by atoms with Crippen molar-refractivity contribution >= 4 is 28.8 Å². The minimum atomic E-state index is -0.996. The predicted molar refractivity (Wildman–Crippen MR) is 135 cm³/mol. The highest BCUT2D eigenvalue weighted by molar-refractivity contribution is 5.92. The van der Waals surface area contributed by atoms with E-state index in [4.69, 9.17) is 4.74 Å². The van der Waals surface area contributed by atoms with Gasteiger partial charge in [-0.2, -0.15) is 20.1 Å². The molecule has 9 nitrogen and oxygen atoms in total. The van der Waals surface area contributed by atoms with E-state index in [1.165, 1.54) is 0 Å². The summed E-state index contributed by atoms with van der Waals surface area (Å²) in [4.78, 5) is 18.7. The number of anilines is 2. The van der Waals surface area contributed by atoms with Gasteiger partial charge < -0.3 is 19.7 Å². The first-order chi connectivity index (χ1) is 15.9. The first-order valence-corrected chi connectivity index (χ1v) is 11.6. The van der Waals surface area contributed by atoms with Crippen LogP contribution in [0.1, 0.15) is 60.2 Å². The summed E-state index contributed by atoms with van der Waals surface area (Å²) >= 11 is 0. The van der Waals surface area contributed by atoms with Gasteiger partial charge in [0.1, 0.15) is 6.61 Å². The van der Waals surface area contributed by atoms with E-state index in [1.54, 1.807) is 20.1 Å². The van der Waals surface area contributed by atoms with Crippen molar-refractivity contribution in [3.63, 3.8) is 0 Å². The minimum absolute atomic E-state index is 0.0716. The number of fused-ring (bicyclic) bond motifs is 1. The van der Waals surface area contributed by atoms with Crippen LogP contribution in [-0.2, 0) is 0 Å². The molecular formula is C24H37N7O2. The molecule has 0 aliphatic heterocycles. The van der Waals surface area contributed by atoms with E-state index in [1.807, 2.05) is 44.3 Å². The molecule has 0 spiro atoms. The number of aromatic nitrogens is 4. The molecule has 0 unspecified atom stereocenters. The van der Waals surface area contributed by atoms with Gasteiger partial charge >= 0.3 is 6.01 Å². The molecule has 2 heterocycles. The molecule has 3 N–H and O–H groups in total. The van der Waals surface area contributed by atoms with Crippen LogP contribution in [0.4, 0.5) is 11.6 Å². The van der Waals surface area contributed by atoms with Crippen LogP contribution in [0.3, 0.4) is 0 Å². The molecule has 1 aromatic carbocycles. The summed E-state index contributed by atoms with van der Waals surface area (Å²) in [6.45, 7) is 13.3. The Labute approximate surface area is 196 Å². The molecule has 0 fully saturated rings. The number of rotatable bonds is 11. The van der Waals surface area contributed by atoms with E-state index in [-0.39, 0.29) is 12.6 Å². The highest BCUT2D eigenvalue weighted by Gasteiger charge is 2.17. The van der Waals surface area contributed by atoms with Gasteiger partial charge in [-0.3, -0.25) is 5.43 Å². The van der Waals surface area contributed by atoms with Gasteiger partial charge in [0.15, 0.2) is 5.82 Å². The average molecular weight is 456 g/mol. The van der Waals surface area contributed by atoms with Gasteiger partial charge in [0, 0.05) is 30.2 Å². The van der Waals surface area contributed by atoms with Crippen molar-refractivity contribution < 1.29 is 9.84 Å². The van der Waals surface area contributed by atoms with Gasteiger partial charge in [0.05, 0.1) is 17.5 Å². The maximum atomic E-state index is 9.98. The fraction of sp³-hybridized carbons (Fsp3) is 0.500. The summed E-state index contributed by atoms with van der Waals surface area (Å²) in [7, 11) is 0. The Morgan fingerprint density at radius 1 is 1.12 bits per heavy atom. The van der Waals surface area contributed by atoms with Crippen LogP contribution in [0.25, 0.3) is 10.9 Å². The van der Waals surface area contributed by atoms with Crippen LogP contribution in [0, 0.1) is 0 Å². The SMILES string of the molecule is CC.CCCN(CCC)c1nc(/C=N/Nc2c[nH]c3ccccc23)nc(OCC(C)(C)O)n1. The number of benzene rings is 1. The molecule has 3 aromatic rings. The number of nitrogens with zero attached hydrogens (tertiary/aromatic N) is 5. The Morgan fingerprint density at radius 3 is 2.48 bits per heavy atom. The molecule has 9 heteroatoms. The van der Waals surface area contributed by atoms with E-state index >= 15 is 0 Å². The summed E-state index contributed by atoms with van der Waals surface area (Å²) in [6, 6.07) is 8.14. The minimum Gasteiger partial charge on any atom is -0.460 e. The Balaban J connectivity index is 0.00000187. The highest BCUT2D eigenvalue weighted by Crippen LogP contribution is 2.22. The zero-order chi connectivity index (χ0) is 24.3. The normalized spacial score (nSPS) is 11.4. The van der Waals surface area contributed by atoms with Gasteiger partial charge in [0.2, 0.25) is 5.95 Å². The van der Waals surface area contributed by atoms with Crippen molar-refractivity contribution in [2.24, 2.45) is 5.10 Å². The standard InChI is InChI=1S/C22H31N7O2.C2H6/c1-5-11-29(12-6-2)20-25-19(26-21(27-20)31-15-22(3,4)30)14-24-28-18-13-23-17-10-8-7-9-16(17)18;1-2/h7-10,13-14,23,28,30H,5-6,11-12,15H2,1-4H3;1-2H3/b24-14+;. The highest BCUT2D eigenvalue weighted by atomic mass is 16.5. The fourth-order valence-corrected chi connectivity index (χ4v) is 3.04. The lowest BCUT2D eigenvalue weighted by Gasteiger charge is -2.22. The van der Waals surface area contributed by atoms with Crippen molar-refractivity contribution in [2.75, 3.05) is 30.0 Å². The van der Waals surface area contributed by atoms with E-state index in [9.17, 15) is 5.11 Å². The van der Waals surface area contributed by atoms with Gasteiger partial charge in [-0.05, 0) is 32.8 Å². The van der Waals surface area contributed by atoms with E-state index in [2.05, 4.69) is 49.2 Å². The number of hydrazone groups is 1. The largest absolute Gasteiger partial charge is 0.460 e. The van der Waals surface area contributed by atoms with E-state index in [0.29, 0.717) is 11.8 Å². The number of hydrogen-bond acceptors (Lipinski definition) is 8. The number of hydrogen-bond donors (Lipinski definition) is 3. The van der Waals surface area contributed by atoms with Crippen LogP contribution in [-0.4, -0.2) is 56.6 Å². The maximum Gasteiger partial charge on any atom is 0.321 e. The Morgan fingerprint density at radius 2 is 1.82 bits per heavy atom. The lowest BCUT2D eigenvalue weighted by atomic mass is 10.2. The van der Waals surface area contributed by atoms with Crippen molar-refractivity contribution in [1.29, 1.82) is 0 Å². The smallest absolute Gasteiger partial charge is 0.321 e. The summed E-state index contributed by atoms with van der Waals surface area (Å²) in [5, 5.41) is 15.3. The first-order valence-electron chi connectivity index (χ1n) is 11.6. The topological polar surface area (TPSA) is 112 Å². The summed E-state index contributed by atoms with van der Waals surface area (Å²) in [5.41, 5.74) is 3.93. The van der Waals surface area contributed by atoms with Crippen LogP contribution in [0.5, 0.6) is 6.01 Å². The summed E-state index contributed by atoms with van der Waals surface area (Å²) in [5.74, 6) is 0.915. The monoisotopic (exact) mass is 455 g/mol. The second-order valence-corrected chi connectivity index (χ2v) is 7.98. The summed E-state index contributed by atoms with van der Waals surface area (Å²) < 4.78 is 5.64. The molecule has 0 atom stereocenters. The van der Waals surface area contributed by atoms with E-state index in [0.717, 1.165) is 42.5 Å².